The first kappa shape index (κ1) is 11.6. The first-order valence-corrected chi connectivity index (χ1v) is 6.26. The van der Waals surface area contributed by atoms with Crippen molar-refractivity contribution < 1.29 is 0 Å². The van der Waals surface area contributed by atoms with Crippen LogP contribution in [0, 0.1) is 6.92 Å². The van der Waals surface area contributed by atoms with Gasteiger partial charge in [-0.15, -0.1) is 0 Å². The van der Waals surface area contributed by atoms with Crippen LogP contribution < -0.4 is 5.73 Å². The lowest BCUT2D eigenvalue weighted by atomic mass is 10.1. The Kier molecular flexibility index (Phi) is 5.05. The third-order valence-electron chi connectivity index (χ3n) is 2.12. The molecule has 78 valence electrons. The molecule has 14 heavy (non-hydrogen) atoms. The van der Waals surface area contributed by atoms with Gasteiger partial charge in [0, 0.05) is 11.8 Å². The molecule has 0 aliphatic heterocycles. The summed E-state index contributed by atoms with van der Waals surface area (Å²) in [5, 5.41) is 0. The average Bonchev–Trinajstić information content (AvgIpc) is 2.15. The van der Waals surface area contributed by atoms with Crippen molar-refractivity contribution in [2.45, 2.75) is 26.3 Å². The van der Waals surface area contributed by atoms with Crippen molar-refractivity contribution in [3.8, 4) is 0 Å². The predicted molar refractivity (Wildman–Crippen MR) is 65.9 cm³/mol. The monoisotopic (exact) mass is 209 g/mol. The molecule has 0 aromatic heterocycles. The summed E-state index contributed by atoms with van der Waals surface area (Å²) in [5.74, 6) is 2.21. The van der Waals surface area contributed by atoms with Crippen molar-refractivity contribution in [3.63, 3.8) is 0 Å². The van der Waals surface area contributed by atoms with E-state index >= 15 is 0 Å². The molecule has 1 aromatic carbocycles. The Morgan fingerprint density at radius 1 is 1.43 bits per heavy atom. The third-order valence-corrected chi connectivity index (χ3v) is 3.19. The van der Waals surface area contributed by atoms with Crippen molar-refractivity contribution in [2.75, 3.05) is 11.5 Å². The van der Waals surface area contributed by atoms with E-state index in [9.17, 15) is 0 Å². The van der Waals surface area contributed by atoms with Gasteiger partial charge in [0.1, 0.15) is 0 Å². The summed E-state index contributed by atoms with van der Waals surface area (Å²) in [6.45, 7) is 4.29. The number of rotatable bonds is 5. The Balaban J connectivity index is 2.43. The second kappa shape index (κ2) is 6.10. The summed E-state index contributed by atoms with van der Waals surface area (Å²) in [7, 11) is 0. The van der Waals surface area contributed by atoms with Gasteiger partial charge >= 0.3 is 0 Å². The van der Waals surface area contributed by atoms with Crippen LogP contribution in [0.5, 0.6) is 0 Å². The summed E-state index contributed by atoms with van der Waals surface area (Å²) in [6.07, 6.45) is 0.995. The van der Waals surface area contributed by atoms with Gasteiger partial charge in [-0.25, -0.2) is 0 Å². The Morgan fingerprint density at radius 2 is 2.21 bits per heavy atom. The Morgan fingerprint density at radius 3 is 2.86 bits per heavy atom. The quantitative estimate of drug-likeness (QED) is 0.806. The lowest BCUT2D eigenvalue weighted by Crippen LogP contribution is -2.25. The van der Waals surface area contributed by atoms with Crippen molar-refractivity contribution in [1.82, 2.24) is 0 Å². The molecular formula is C12H19NS. The highest BCUT2D eigenvalue weighted by Crippen LogP contribution is 2.09. The van der Waals surface area contributed by atoms with E-state index in [0.29, 0.717) is 6.04 Å². The fraction of sp³-hybridized carbons (Fsp3) is 0.500. The molecule has 0 aliphatic rings. The summed E-state index contributed by atoms with van der Waals surface area (Å²) >= 11 is 1.91. The van der Waals surface area contributed by atoms with E-state index in [1.807, 2.05) is 11.8 Å². The van der Waals surface area contributed by atoms with Gasteiger partial charge in [-0.1, -0.05) is 36.8 Å². The van der Waals surface area contributed by atoms with Crippen molar-refractivity contribution in [2.24, 2.45) is 5.73 Å². The molecule has 1 rings (SSSR count). The molecule has 0 spiro atoms. The van der Waals surface area contributed by atoms with Crippen molar-refractivity contribution in [1.29, 1.82) is 0 Å². The molecule has 1 atom stereocenters. The van der Waals surface area contributed by atoms with Crippen LogP contribution in [0.1, 0.15) is 18.1 Å². The molecule has 2 N–H and O–H groups in total. The van der Waals surface area contributed by atoms with Crippen LogP contribution in [-0.4, -0.2) is 17.5 Å². The van der Waals surface area contributed by atoms with Gasteiger partial charge in [-0.3, -0.25) is 0 Å². The highest BCUT2D eigenvalue weighted by molar-refractivity contribution is 7.99. The Hall–Kier alpha value is -0.470. The predicted octanol–water partition coefficient (Wildman–Crippen LogP) is 2.62. The summed E-state index contributed by atoms with van der Waals surface area (Å²) in [4.78, 5) is 0. The average molecular weight is 209 g/mol. The molecule has 0 aliphatic carbocycles. The number of hydrogen-bond donors (Lipinski definition) is 1. The van der Waals surface area contributed by atoms with Crippen molar-refractivity contribution in [3.05, 3.63) is 35.4 Å². The summed E-state index contributed by atoms with van der Waals surface area (Å²) in [6, 6.07) is 8.89. The van der Waals surface area contributed by atoms with E-state index in [1.54, 1.807) is 0 Å². The second-order valence-corrected chi connectivity index (χ2v) is 4.93. The minimum atomic E-state index is 0.293. The Labute approximate surface area is 91.1 Å². The molecular weight excluding hydrogens is 190 g/mol. The van der Waals surface area contributed by atoms with E-state index in [1.165, 1.54) is 11.1 Å². The smallest absolute Gasteiger partial charge is 0.0171 e. The number of benzene rings is 1. The number of aryl methyl sites for hydroxylation is 1. The molecule has 0 fully saturated rings. The van der Waals surface area contributed by atoms with Gasteiger partial charge in [0.25, 0.3) is 0 Å². The maximum Gasteiger partial charge on any atom is 0.0171 e. The zero-order valence-corrected chi connectivity index (χ0v) is 9.81. The molecule has 1 aromatic rings. The van der Waals surface area contributed by atoms with E-state index in [0.717, 1.165) is 17.9 Å². The third kappa shape index (κ3) is 4.16. The topological polar surface area (TPSA) is 26.0 Å². The van der Waals surface area contributed by atoms with Gasteiger partial charge in [0.2, 0.25) is 0 Å². The zero-order chi connectivity index (χ0) is 10.4. The fourth-order valence-corrected chi connectivity index (χ4v) is 2.13. The SMILES string of the molecule is CCSCC(N)Cc1cccc(C)c1. The minimum absolute atomic E-state index is 0.293. The van der Waals surface area contributed by atoms with Crippen LogP contribution in [0.2, 0.25) is 0 Å². The van der Waals surface area contributed by atoms with Gasteiger partial charge in [-0.05, 0) is 24.7 Å². The molecule has 0 saturated heterocycles. The number of thioether (sulfide) groups is 1. The van der Waals surface area contributed by atoms with Crippen LogP contribution in [0.3, 0.4) is 0 Å². The normalized spacial score (nSPS) is 12.8. The van der Waals surface area contributed by atoms with Crippen LogP contribution in [0.4, 0.5) is 0 Å². The zero-order valence-electron chi connectivity index (χ0n) is 8.99. The molecule has 0 bridgehead atoms. The molecule has 2 heteroatoms. The van der Waals surface area contributed by atoms with Gasteiger partial charge in [0.05, 0.1) is 0 Å². The largest absolute Gasteiger partial charge is 0.327 e. The van der Waals surface area contributed by atoms with E-state index < -0.39 is 0 Å². The van der Waals surface area contributed by atoms with Crippen molar-refractivity contribution >= 4 is 11.8 Å². The molecule has 0 radical (unpaired) electrons. The van der Waals surface area contributed by atoms with Crippen LogP contribution >= 0.6 is 11.8 Å². The van der Waals surface area contributed by atoms with E-state index in [4.69, 9.17) is 5.73 Å². The summed E-state index contributed by atoms with van der Waals surface area (Å²) in [5.41, 5.74) is 8.69. The van der Waals surface area contributed by atoms with E-state index in [2.05, 4.69) is 38.1 Å². The highest BCUT2D eigenvalue weighted by atomic mass is 32.2. The molecule has 1 unspecified atom stereocenters. The Bertz CT molecular complexity index is 273. The van der Waals surface area contributed by atoms with E-state index in [-0.39, 0.29) is 0 Å². The van der Waals surface area contributed by atoms with Gasteiger partial charge < -0.3 is 5.73 Å². The van der Waals surface area contributed by atoms with Crippen LogP contribution in [0.25, 0.3) is 0 Å². The molecule has 0 saturated carbocycles. The fourth-order valence-electron chi connectivity index (χ4n) is 1.47. The maximum absolute atomic E-state index is 6.02. The van der Waals surface area contributed by atoms with Gasteiger partial charge in [-0.2, -0.15) is 11.8 Å². The molecule has 0 amide bonds. The van der Waals surface area contributed by atoms with Crippen LogP contribution in [-0.2, 0) is 6.42 Å². The van der Waals surface area contributed by atoms with Gasteiger partial charge in [0.15, 0.2) is 0 Å². The summed E-state index contributed by atoms with van der Waals surface area (Å²) < 4.78 is 0. The second-order valence-electron chi connectivity index (χ2n) is 3.61. The highest BCUT2D eigenvalue weighted by Gasteiger charge is 2.03. The molecule has 0 heterocycles. The maximum atomic E-state index is 6.02. The number of nitrogens with two attached hydrogens (primary N) is 1. The number of hydrogen-bond acceptors (Lipinski definition) is 2. The van der Waals surface area contributed by atoms with Crippen LogP contribution in [0.15, 0.2) is 24.3 Å². The first-order chi connectivity index (χ1) is 6.72. The lowest BCUT2D eigenvalue weighted by molar-refractivity contribution is 0.748. The lowest BCUT2D eigenvalue weighted by Gasteiger charge is -2.10. The minimum Gasteiger partial charge on any atom is -0.327 e. The standard InChI is InChI=1S/C12H19NS/c1-3-14-9-12(13)8-11-6-4-5-10(2)7-11/h4-7,12H,3,8-9,13H2,1-2H3. The molecule has 1 nitrogen and oxygen atoms in total. The first-order valence-electron chi connectivity index (χ1n) is 5.11.